The largest absolute Gasteiger partial charge is 0.413 e. The molecule has 0 atom stereocenters. The summed E-state index contributed by atoms with van der Waals surface area (Å²) in [6.07, 6.45) is 0.646. The quantitative estimate of drug-likeness (QED) is 0.657. The highest BCUT2D eigenvalue weighted by Gasteiger charge is 2.31. The zero-order valence-electron chi connectivity index (χ0n) is 6.43. The van der Waals surface area contributed by atoms with Crippen LogP contribution in [-0.2, 0) is 0 Å². The number of alkyl halides is 3. The summed E-state index contributed by atoms with van der Waals surface area (Å²) in [7, 11) is 0. The lowest BCUT2D eigenvalue weighted by Crippen LogP contribution is -2.19. The molecule has 0 saturated carbocycles. The Morgan fingerprint density at radius 3 is 2.25 bits per heavy atom. The van der Waals surface area contributed by atoms with Gasteiger partial charge in [-0.15, -0.1) is 0 Å². The molecule has 0 rings (SSSR count). The zero-order valence-corrected chi connectivity index (χ0v) is 6.43. The van der Waals surface area contributed by atoms with Crippen molar-refractivity contribution in [1.82, 2.24) is 0 Å². The first-order chi connectivity index (χ1) is 5.52. The van der Waals surface area contributed by atoms with E-state index in [4.69, 9.17) is 5.73 Å². The molecule has 0 aliphatic rings. The van der Waals surface area contributed by atoms with Gasteiger partial charge < -0.3 is 5.73 Å². The van der Waals surface area contributed by atoms with Crippen LogP contribution in [0.1, 0.15) is 0 Å². The van der Waals surface area contributed by atoms with E-state index in [1.807, 2.05) is 0 Å². The van der Waals surface area contributed by atoms with Gasteiger partial charge in [-0.2, -0.15) is 13.2 Å². The van der Waals surface area contributed by atoms with E-state index in [0.29, 0.717) is 0 Å². The van der Waals surface area contributed by atoms with Gasteiger partial charge in [-0.1, -0.05) is 30.9 Å². The first kappa shape index (κ1) is 11.0. The van der Waals surface area contributed by atoms with Crippen LogP contribution in [0.15, 0.2) is 36.5 Å². The van der Waals surface area contributed by atoms with Crippen molar-refractivity contribution in [3.8, 4) is 0 Å². The first-order valence-corrected chi connectivity index (χ1v) is 3.28. The highest BCUT2D eigenvalue weighted by molar-refractivity contribution is 5.19. The Morgan fingerprint density at radius 1 is 1.33 bits per heavy atom. The van der Waals surface area contributed by atoms with Crippen molar-refractivity contribution in [3.63, 3.8) is 0 Å². The molecule has 0 unspecified atom stereocenters. The second-order valence-electron chi connectivity index (χ2n) is 2.01. The van der Waals surface area contributed by atoms with E-state index in [1.165, 1.54) is 18.2 Å². The molecule has 68 valence electrons. The fourth-order valence-electron chi connectivity index (χ4n) is 0.529. The van der Waals surface area contributed by atoms with Crippen LogP contribution in [0.3, 0.4) is 0 Å². The van der Waals surface area contributed by atoms with Gasteiger partial charge in [0.1, 0.15) is 0 Å². The van der Waals surface area contributed by atoms with Gasteiger partial charge in [0.15, 0.2) is 0 Å². The third-order valence-electron chi connectivity index (χ3n) is 1.13. The molecule has 0 fully saturated rings. The van der Waals surface area contributed by atoms with Crippen molar-refractivity contribution < 1.29 is 13.2 Å². The third-order valence-corrected chi connectivity index (χ3v) is 1.13. The van der Waals surface area contributed by atoms with Gasteiger partial charge in [0.05, 0.1) is 0 Å². The van der Waals surface area contributed by atoms with Crippen molar-refractivity contribution in [3.05, 3.63) is 36.5 Å². The lowest BCUT2D eigenvalue weighted by Gasteiger charge is -2.07. The van der Waals surface area contributed by atoms with Gasteiger partial charge in [-0.05, 0) is 0 Å². The molecule has 0 heterocycles. The van der Waals surface area contributed by atoms with Crippen molar-refractivity contribution in [2.24, 2.45) is 5.73 Å². The molecule has 0 bridgehead atoms. The maximum atomic E-state index is 11.9. The normalized spacial score (nSPS) is 13.8. The van der Waals surface area contributed by atoms with Crippen molar-refractivity contribution in [1.29, 1.82) is 0 Å². The molecular weight excluding hydrogens is 167 g/mol. The van der Waals surface area contributed by atoms with Crippen molar-refractivity contribution in [2.45, 2.75) is 6.18 Å². The Kier molecular flexibility index (Phi) is 4.36. The highest BCUT2D eigenvalue weighted by Crippen LogP contribution is 2.24. The smallest absolute Gasteiger partial charge is 0.326 e. The average Bonchev–Trinajstić information content (AvgIpc) is 1.95. The fourth-order valence-corrected chi connectivity index (χ4v) is 0.529. The molecule has 2 N–H and O–H groups in total. The minimum atomic E-state index is -4.33. The third kappa shape index (κ3) is 3.98. The van der Waals surface area contributed by atoms with E-state index in [-0.39, 0.29) is 0 Å². The molecule has 0 aromatic rings. The van der Waals surface area contributed by atoms with Gasteiger partial charge in [-0.3, -0.25) is 0 Å². The zero-order chi connectivity index (χ0) is 9.61. The van der Waals surface area contributed by atoms with E-state index >= 15 is 0 Å². The predicted molar refractivity (Wildman–Crippen MR) is 42.5 cm³/mol. The molecule has 12 heavy (non-hydrogen) atoms. The first-order valence-electron chi connectivity index (χ1n) is 3.28. The summed E-state index contributed by atoms with van der Waals surface area (Å²) in [5, 5.41) is 0. The van der Waals surface area contributed by atoms with Gasteiger partial charge >= 0.3 is 6.18 Å². The monoisotopic (exact) mass is 177 g/mol. The summed E-state index contributed by atoms with van der Waals surface area (Å²) < 4.78 is 35.8. The maximum absolute atomic E-state index is 11.9. The molecule has 0 radical (unpaired) electrons. The number of allylic oxidation sites excluding steroid dienone is 4. The topological polar surface area (TPSA) is 26.0 Å². The number of halogens is 3. The summed E-state index contributed by atoms with van der Waals surface area (Å²) in [5.41, 5.74) is 4.14. The number of rotatable bonds is 3. The van der Waals surface area contributed by atoms with Gasteiger partial charge in [0, 0.05) is 12.1 Å². The molecule has 0 spiro atoms. The number of hydrogen-bond donors (Lipinski definition) is 1. The Morgan fingerprint density at radius 2 is 1.92 bits per heavy atom. The number of nitrogens with two attached hydrogens (primary N) is 1. The van der Waals surface area contributed by atoms with E-state index < -0.39 is 18.3 Å². The average molecular weight is 177 g/mol. The Hall–Kier alpha value is -1.03. The van der Waals surface area contributed by atoms with Gasteiger partial charge in [0.2, 0.25) is 0 Å². The van der Waals surface area contributed by atoms with Crippen LogP contribution in [0.5, 0.6) is 0 Å². The molecule has 0 saturated heterocycles. The summed E-state index contributed by atoms with van der Waals surface area (Å²) >= 11 is 0. The molecule has 4 heteroatoms. The van der Waals surface area contributed by atoms with Gasteiger partial charge in [0.25, 0.3) is 0 Å². The molecule has 0 aromatic heterocycles. The Bertz CT molecular complexity index is 201. The van der Waals surface area contributed by atoms with E-state index in [9.17, 15) is 13.2 Å². The minimum absolute atomic E-state index is 0.509. The van der Waals surface area contributed by atoms with Crippen LogP contribution in [0.2, 0.25) is 0 Å². The summed E-state index contributed by atoms with van der Waals surface area (Å²) in [6, 6.07) is 0. The van der Waals surface area contributed by atoms with Crippen LogP contribution in [0.4, 0.5) is 13.2 Å². The highest BCUT2D eigenvalue weighted by atomic mass is 19.4. The molecule has 0 aliphatic heterocycles. The molecular formula is C8H10F3N. The van der Waals surface area contributed by atoms with Crippen LogP contribution < -0.4 is 5.73 Å². The molecule has 0 amide bonds. The molecule has 0 aliphatic carbocycles. The van der Waals surface area contributed by atoms with Crippen LogP contribution in [-0.4, -0.2) is 12.7 Å². The van der Waals surface area contributed by atoms with Crippen LogP contribution >= 0.6 is 0 Å². The lowest BCUT2D eigenvalue weighted by atomic mass is 10.2. The maximum Gasteiger partial charge on any atom is 0.413 e. The van der Waals surface area contributed by atoms with Crippen molar-refractivity contribution in [2.75, 3.05) is 6.54 Å². The van der Waals surface area contributed by atoms with Crippen molar-refractivity contribution >= 4 is 0 Å². The van der Waals surface area contributed by atoms with Gasteiger partial charge in [-0.25, -0.2) is 0 Å². The lowest BCUT2D eigenvalue weighted by molar-refractivity contribution is -0.0921. The fraction of sp³-hybridized carbons (Fsp3) is 0.250. The summed E-state index contributed by atoms with van der Waals surface area (Å²) in [6.45, 7) is 2.81. The summed E-state index contributed by atoms with van der Waals surface area (Å²) in [5.74, 6) is 0. The standard InChI is InChI=1S/C8H10F3N/c1-2-3-4-5-7(6-12)8(9,10)11/h2-5H,1,6,12H2/b4-3-,7-5+. The Labute approximate surface area is 69.1 Å². The predicted octanol–water partition coefficient (Wildman–Crippen LogP) is 2.18. The van der Waals surface area contributed by atoms with Crippen LogP contribution in [0, 0.1) is 0 Å². The van der Waals surface area contributed by atoms with E-state index in [2.05, 4.69) is 6.58 Å². The van der Waals surface area contributed by atoms with Crippen LogP contribution in [0.25, 0.3) is 0 Å². The second kappa shape index (κ2) is 4.77. The van der Waals surface area contributed by atoms with E-state index in [0.717, 1.165) is 6.08 Å². The minimum Gasteiger partial charge on any atom is -0.326 e. The summed E-state index contributed by atoms with van der Waals surface area (Å²) in [4.78, 5) is 0. The molecule has 0 aromatic carbocycles. The molecule has 1 nitrogen and oxygen atoms in total. The van der Waals surface area contributed by atoms with E-state index in [1.54, 1.807) is 0 Å². The number of hydrogen-bond acceptors (Lipinski definition) is 1. The Balaban J connectivity index is 4.44. The SMILES string of the molecule is C=C/C=C\C=C(/CN)C(F)(F)F. The second-order valence-corrected chi connectivity index (χ2v) is 2.01.